The molecule has 2 aliphatic rings. The van der Waals surface area contributed by atoms with Gasteiger partial charge in [0.25, 0.3) is 0 Å². The normalized spacial score (nSPS) is 22.8. The van der Waals surface area contributed by atoms with Gasteiger partial charge in [-0.1, -0.05) is 54.9 Å². The van der Waals surface area contributed by atoms with Crippen molar-refractivity contribution in [3.8, 4) is 5.75 Å². The summed E-state index contributed by atoms with van der Waals surface area (Å²) in [5.41, 5.74) is 2.83. The highest BCUT2D eigenvalue weighted by atomic mass is 28.4. The molecule has 0 saturated carbocycles. The molecule has 0 saturated heterocycles. The van der Waals surface area contributed by atoms with Crippen molar-refractivity contribution in [1.82, 2.24) is 0 Å². The number of carbonyl (C=O) groups excluding carboxylic acids is 2. The summed E-state index contributed by atoms with van der Waals surface area (Å²) in [6.07, 6.45) is 0. The first kappa shape index (κ1) is 21.6. The number of hydrogen-bond donors (Lipinski definition) is 0. The van der Waals surface area contributed by atoms with Crippen LogP contribution < -0.4 is 4.74 Å². The fourth-order valence-electron chi connectivity index (χ4n) is 4.98. The SMILES string of the molecule is COC(=O)[C@@H]1C(C2=C([Si](C)(C)C)[Si]2(C)C)=C(c2ccc(OC)cc2)[C@H]1C(=O)OC. The van der Waals surface area contributed by atoms with Crippen molar-refractivity contribution in [2.45, 2.75) is 32.7 Å². The zero-order chi connectivity index (χ0) is 21.7. The quantitative estimate of drug-likeness (QED) is 0.504. The van der Waals surface area contributed by atoms with Gasteiger partial charge in [-0.15, -0.1) is 0 Å². The van der Waals surface area contributed by atoms with Crippen LogP contribution in [-0.2, 0) is 19.1 Å². The first-order valence-electron chi connectivity index (χ1n) is 9.80. The molecule has 1 heterocycles. The van der Waals surface area contributed by atoms with E-state index in [1.807, 2.05) is 24.3 Å². The Morgan fingerprint density at radius 3 is 1.72 bits per heavy atom. The van der Waals surface area contributed by atoms with E-state index in [1.54, 1.807) is 11.9 Å². The lowest BCUT2D eigenvalue weighted by Crippen LogP contribution is -2.43. The van der Waals surface area contributed by atoms with Gasteiger partial charge < -0.3 is 14.2 Å². The first-order chi connectivity index (χ1) is 13.5. The van der Waals surface area contributed by atoms with Gasteiger partial charge >= 0.3 is 11.9 Å². The molecular formula is C22H30O5Si2. The van der Waals surface area contributed by atoms with Crippen LogP contribution in [0.2, 0.25) is 32.7 Å². The Morgan fingerprint density at radius 1 is 0.862 bits per heavy atom. The van der Waals surface area contributed by atoms with E-state index in [2.05, 4.69) is 32.7 Å². The average Bonchev–Trinajstić information content (AvgIpc) is 3.22. The number of benzene rings is 1. The topological polar surface area (TPSA) is 61.8 Å². The van der Waals surface area contributed by atoms with Gasteiger partial charge in [-0.05, 0) is 28.8 Å². The summed E-state index contributed by atoms with van der Waals surface area (Å²) in [5.74, 6) is -1.26. The number of hydrogen-bond acceptors (Lipinski definition) is 5. The molecule has 0 N–H and O–H groups in total. The fraction of sp³-hybridized carbons (Fsp3) is 0.455. The number of ether oxygens (including phenoxy) is 3. The fourth-order valence-corrected chi connectivity index (χ4v) is 18.4. The highest BCUT2D eigenvalue weighted by Gasteiger charge is 2.61. The molecule has 0 aromatic heterocycles. The molecule has 0 bridgehead atoms. The van der Waals surface area contributed by atoms with Crippen LogP contribution in [0, 0.1) is 11.8 Å². The number of methoxy groups -OCH3 is 3. The highest BCUT2D eigenvalue weighted by Crippen LogP contribution is 2.61. The molecule has 1 aliphatic carbocycles. The molecule has 29 heavy (non-hydrogen) atoms. The molecular weight excluding hydrogens is 400 g/mol. The van der Waals surface area contributed by atoms with Crippen LogP contribution in [0.1, 0.15) is 5.56 Å². The minimum Gasteiger partial charge on any atom is -0.497 e. The van der Waals surface area contributed by atoms with Crippen LogP contribution in [0.15, 0.2) is 39.9 Å². The molecule has 0 radical (unpaired) electrons. The summed E-state index contributed by atoms with van der Waals surface area (Å²) in [5, 5.41) is 1.36. The van der Waals surface area contributed by atoms with Crippen molar-refractivity contribution in [3.63, 3.8) is 0 Å². The number of rotatable bonds is 6. The Kier molecular flexibility index (Phi) is 5.42. The van der Waals surface area contributed by atoms with Gasteiger partial charge in [-0.3, -0.25) is 9.59 Å². The van der Waals surface area contributed by atoms with E-state index in [4.69, 9.17) is 14.2 Å². The lowest BCUT2D eigenvalue weighted by Gasteiger charge is -2.39. The van der Waals surface area contributed by atoms with Gasteiger partial charge in [0.1, 0.15) is 19.7 Å². The van der Waals surface area contributed by atoms with Crippen LogP contribution in [-0.4, -0.2) is 49.4 Å². The molecule has 1 aromatic rings. The van der Waals surface area contributed by atoms with Crippen molar-refractivity contribution < 1.29 is 23.8 Å². The Labute approximate surface area is 174 Å². The Hall–Kier alpha value is -2.13. The predicted octanol–water partition coefficient (Wildman–Crippen LogP) is 4.02. The summed E-state index contributed by atoms with van der Waals surface area (Å²) >= 11 is 0. The average molecular weight is 431 g/mol. The van der Waals surface area contributed by atoms with Crippen LogP contribution in [0.4, 0.5) is 0 Å². The molecule has 0 unspecified atom stereocenters. The lowest BCUT2D eigenvalue weighted by atomic mass is 9.65. The summed E-state index contributed by atoms with van der Waals surface area (Å²) in [6.45, 7) is 11.7. The smallest absolute Gasteiger partial charge is 0.314 e. The largest absolute Gasteiger partial charge is 0.497 e. The minimum absolute atomic E-state index is 0.369. The third kappa shape index (κ3) is 3.40. The number of esters is 2. The van der Waals surface area contributed by atoms with Gasteiger partial charge in [0.05, 0.1) is 35.3 Å². The summed E-state index contributed by atoms with van der Waals surface area (Å²) < 4.78 is 15.4. The zero-order valence-electron chi connectivity index (χ0n) is 18.5. The molecule has 0 fully saturated rings. The van der Waals surface area contributed by atoms with Gasteiger partial charge in [0.2, 0.25) is 0 Å². The standard InChI is InChI=1S/C22H30O5Si2/c1-25-14-11-9-13(10-12-14)15-16(19-22(28(4,5)6)29(19,7)8)18(21(24)27-3)17(15)20(23)26-2/h9-12,17-18H,1-8H3/t17-,18-/m1/s1. The van der Waals surface area contributed by atoms with E-state index in [9.17, 15) is 9.59 Å². The molecule has 0 amide bonds. The number of allylic oxidation sites excluding steroid dienone is 1. The Morgan fingerprint density at radius 2 is 1.34 bits per heavy atom. The van der Waals surface area contributed by atoms with Crippen LogP contribution in [0.5, 0.6) is 5.75 Å². The maximum atomic E-state index is 12.7. The Bertz CT molecular complexity index is 920. The minimum atomic E-state index is -1.70. The van der Waals surface area contributed by atoms with Crippen molar-refractivity contribution >= 4 is 33.7 Å². The summed E-state index contributed by atoms with van der Waals surface area (Å²) in [4.78, 5) is 27.0. The molecule has 1 aliphatic heterocycles. The third-order valence-electron chi connectivity index (χ3n) is 6.01. The van der Waals surface area contributed by atoms with Crippen molar-refractivity contribution in [1.29, 1.82) is 0 Å². The lowest BCUT2D eigenvalue weighted by molar-refractivity contribution is -0.154. The van der Waals surface area contributed by atoms with E-state index in [0.29, 0.717) is 0 Å². The second-order valence-corrected chi connectivity index (χ2v) is 18.9. The second kappa shape index (κ2) is 7.29. The third-order valence-corrected chi connectivity index (χ3v) is 15.2. The first-order valence-corrected chi connectivity index (χ1v) is 16.3. The molecule has 1 aromatic carbocycles. The van der Waals surface area contributed by atoms with Gasteiger partial charge in [-0.2, -0.15) is 0 Å². The molecule has 0 spiro atoms. The predicted molar refractivity (Wildman–Crippen MR) is 119 cm³/mol. The van der Waals surface area contributed by atoms with Crippen LogP contribution in [0.3, 0.4) is 0 Å². The maximum Gasteiger partial charge on any atom is 0.314 e. The van der Waals surface area contributed by atoms with Crippen molar-refractivity contribution in [2.24, 2.45) is 11.8 Å². The van der Waals surface area contributed by atoms with E-state index >= 15 is 0 Å². The van der Waals surface area contributed by atoms with Crippen molar-refractivity contribution in [2.75, 3.05) is 21.3 Å². The summed E-state index contributed by atoms with van der Waals surface area (Å²) in [7, 11) is 1.14. The van der Waals surface area contributed by atoms with E-state index in [1.165, 1.54) is 19.4 Å². The van der Waals surface area contributed by atoms with Gasteiger partial charge in [0.15, 0.2) is 0 Å². The monoisotopic (exact) mass is 430 g/mol. The summed E-state index contributed by atoms with van der Waals surface area (Å²) in [6, 6.07) is 7.65. The van der Waals surface area contributed by atoms with Crippen LogP contribution >= 0.6 is 0 Å². The molecule has 7 heteroatoms. The molecule has 5 nitrogen and oxygen atoms in total. The van der Waals surface area contributed by atoms with E-state index < -0.39 is 34.0 Å². The molecule has 2 atom stereocenters. The zero-order valence-corrected chi connectivity index (χ0v) is 20.5. The van der Waals surface area contributed by atoms with Crippen LogP contribution in [0.25, 0.3) is 5.57 Å². The van der Waals surface area contributed by atoms with Gasteiger partial charge in [0, 0.05) is 0 Å². The van der Waals surface area contributed by atoms with E-state index in [0.717, 1.165) is 22.5 Å². The number of carbonyl (C=O) groups is 2. The van der Waals surface area contributed by atoms with Crippen molar-refractivity contribution in [3.05, 3.63) is 45.4 Å². The Balaban J connectivity index is 2.25. The molecule has 156 valence electrons. The van der Waals surface area contributed by atoms with Gasteiger partial charge in [-0.25, -0.2) is 0 Å². The van der Waals surface area contributed by atoms with E-state index in [-0.39, 0.29) is 5.97 Å². The second-order valence-electron chi connectivity index (χ2n) is 9.18. The molecule has 3 rings (SSSR count). The highest BCUT2D eigenvalue weighted by molar-refractivity contribution is 7.18. The maximum absolute atomic E-state index is 12.7.